The van der Waals surface area contributed by atoms with Crippen LogP contribution in [-0.2, 0) is 14.4 Å². The molecule has 0 saturated heterocycles. The number of amides is 1. The molecular formula is C19H17N5O4S. The van der Waals surface area contributed by atoms with Crippen LogP contribution in [0.15, 0.2) is 53.3 Å². The second-order valence-electron chi connectivity index (χ2n) is 5.50. The Labute approximate surface area is 170 Å². The monoisotopic (exact) mass is 411 g/mol. The number of thiazole rings is 1. The second kappa shape index (κ2) is 9.51. The fraction of sp³-hybridized carbons (Fsp3) is 0.158. The maximum Gasteiger partial charge on any atom is 0.362 e. The number of benzene rings is 1. The van der Waals surface area contributed by atoms with Crippen LogP contribution in [0.1, 0.15) is 23.0 Å². The van der Waals surface area contributed by atoms with Crippen molar-refractivity contribution >= 4 is 34.1 Å². The van der Waals surface area contributed by atoms with Gasteiger partial charge in [0.15, 0.2) is 11.0 Å². The number of oxime groups is 1. The summed E-state index contributed by atoms with van der Waals surface area (Å²) in [7, 11) is 1.31. The number of ether oxygens (including phenoxy) is 1. The Bertz CT molecular complexity index is 1020. The lowest BCUT2D eigenvalue weighted by molar-refractivity contribution is -0.135. The normalized spacial score (nSPS) is 11.0. The zero-order chi connectivity index (χ0) is 20.6. The first kappa shape index (κ1) is 20.1. The van der Waals surface area contributed by atoms with E-state index in [4.69, 9.17) is 4.74 Å². The minimum Gasteiger partial charge on any atom is -0.461 e. The molecule has 0 bridgehead atoms. The molecule has 1 amide bonds. The molecule has 10 heteroatoms. The molecule has 0 aliphatic carbocycles. The van der Waals surface area contributed by atoms with Gasteiger partial charge in [-0.1, -0.05) is 35.5 Å². The summed E-state index contributed by atoms with van der Waals surface area (Å²) in [6.07, 6.45) is 2.88. The quantitative estimate of drug-likeness (QED) is 0.361. The fourth-order valence-electron chi connectivity index (χ4n) is 2.27. The Morgan fingerprint density at radius 3 is 2.55 bits per heavy atom. The maximum atomic E-state index is 12.4. The van der Waals surface area contributed by atoms with Crippen molar-refractivity contribution in [3.05, 3.63) is 59.4 Å². The van der Waals surface area contributed by atoms with Crippen molar-refractivity contribution in [2.75, 3.05) is 19.0 Å². The highest BCUT2D eigenvalue weighted by Gasteiger charge is 2.20. The summed E-state index contributed by atoms with van der Waals surface area (Å²) in [5, 5.41) is 8.15. The van der Waals surface area contributed by atoms with Gasteiger partial charge in [0, 0.05) is 23.3 Å². The van der Waals surface area contributed by atoms with Crippen LogP contribution >= 0.6 is 11.3 Å². The van der Waals surface area contributed by atoms with Crippen LogP contribution in [-0.4, -0.2) is 46.3 Å². The number of hydrogen-bond donors (Lipinski definition) is 1. The number of carbonyl (C=O) groups is 2. The van der Waals surface area contributed by atoms with Crippen molar-refractivity contribution in [3.8, 4) is 11.4 Å². The van der Waals surface area contributed by atoms with Crippen LogP contribution in [0.3, 0.4) is 0 Å². The Morgan fingerprint density at radius 1 is 1.17 bits per heavy atom. The highest BCUT2D eigenvalue weighted by atomic mass is 32.1. The zero-order valence-electron chi connectivity index (χ0n) is 15.7. The molecule has 1 N–H and O–H groups in total. The molecule has 2 aromatic heterocycles. The van der Waals surface area contributed by atoms with Gasteiger partial charge in [0.2, 0.25) is 5.71 Å². The lowest BCUT2D eigenvalue weighted by Gasteiger charge is -2.03. The lowest BCUT2D eigenvalue weighted by atomic mass is 10.2. The summed E-state index contributed by atoms with van der Waals surface area (Å²) in [6.45, 7) is 1.87. The summed E-state index contributed by atoms with van der Waals surface area (Å²) in [5.74, 6) is -0.567. The molecule has 29 heavy (non-hydrogen) atoms. The van der Waals surface area contributed by atoms with E-state index in [1.54, 1.807) is 12.3 Å². The molecule has 3 rings (SSSR count). The number of anilines is 1. The van der Waals surface area contributed by atoms with E-state index in [0.717, 1.165) is 16.9 Å². The van der Waals surface area contributed by atoms with Crippen LogP contribution in [0.25, 0.3) is 11.4 Å². The van der Waals surface area contributed by atoms with E-state index in [2.05, 4.69) is 30.3 Å². The van der Waals surface area contributed by atoms with Crippen molar-refractivity contribution in [2.24, 2.45) is 5.16 Å². The molecule has 0 fully saturated rings. The smallest absolute Gasteiger partial charge is 0.362 e. The molecule has 0 aliphatic rings. The van der Waals surface area contributed by atoms with Gasteiger partial charge in [0.05, 0.1) is 12.2 Å². The van der Waals surface area contributed by atoms with Gasteiger partial charge in [-0.25, -0.2) is 19.7 Å². The van der Waals surface area contributed by atoms with Crippen molar-refractivity contribution < 1.29 is 19.2 Å². The van der Waals surface area contributed by atoms with Crippen LogP contribution in [0.4, 0.5) is 5.13 Å². The molecule has 9 nitrogen and oxygen atoms in total. The van der Waals surface area contributed by atoms with Gasteiger partial charge in [-0.3, -0.25) is 10.1 Å². The van der Waals surface area contributed by atoms with Crippen molar-refractivity contribution in [2.45, 2.75) is 6.92 Å². The lowest BCUT2D eigenvalue weighted by Crippen LogP contribution is -2.20. The van der Waals surface area contributed by atoms with Gasteiger partial charge >= 0.3 is 5.97 Å². The van der Waals surface area contributed by atoms with Gasteiger partial charge < -0.3 is 9.57 Å². The molecule has 0 spiro atoms. The van der Waals surface area contributed by atoms with E-state index in [1.165, 1.54) is 19.5 Å². The largest absolute Gasteiger partial charge is 0.461 e. The molecule has 1 aromatic carbocycles. The van der Waals surface area contributed by atoms with E-state index in [-0.39, 0.29) is 28.7 Å². The van der Waals surface area contributed by atoms with Crippen molar-refractivity contribution in [3.63, 3.8) is 0 Å². The molecule has 0 atom stereocenters. The third-order valence-electron chi connectivity index (χ3n) is 3.56. The van der Waals surface area contributed by atoms with E-state index in [1.807, 2.05) is 30.3 Å². The summed E-state index contributed by atoms with van der Waals surface area (Å²) in [6, 6.07) is 9.44. The van der Waals surface area contributed by atoms with Crippen molar-refractivity contribution in [1.82, 2.24) is 15.0 Å². The summed E-state index contributed by atoms with van der Waals surface area (Å²) in [5.41, 5.74) is 1.29. The van der Waals surface area contributed by atoms with Crippen LogP contribution in [0.5, 0.6) is 0 Å². The molecule has 3 aromatic rings. The highest BCUT2D eigenvalue weighted by Crippen LogP contribution is 2.18. The van der Waals surface area contributed by atoms with E-state index in [9.17, 15) is 9.59 Å². The first-order valence-electron chi connectivity index (χ1n) is 8.55. The second-order valence-corrected chi connectivity index (χ2v) is 6.35. The Balaban J connectivity index is 1.71. The molecule has 0 aliphatic heterocycles. The first-order chi connectivity index (χ1) is 14.1. The highest BCUT2D eigenvalue weighted by molar-refractivity contribution is 7.14. The number of rotatable bonds is 7. The van der Waals surface area contributed by atoms with E-state index < -0.39 is 11.9 Å². The number of nitrogens with zero attached hydrogens (tertiary/aromatic N) is 4. The molecular weight excluding hydrogens is 394 g/mol. The SMILES string of the molecule is CCOC(=O)C(=NOC)c1csc(NC(=O)c2cnc(-c3ccccc3)nc2)n1. The molecule has 0 saturated carbocycles. The predicted molar refractivity (Wildman–Crippen MR) is 108 cm³/mol. The van der Waals surface area contributed by atoms with Crippen LogP contribution in [0, 0.1) is 0 Å². The predicted octanol–water partition coefficient (Wildman–Crippen LogP) is 2.77. The Kier molecular flexibility index (Phi) is 6.59. The molecule has 0 unspecified atom stereocenters. The standard InChI is InChI=1S/C19H17N5O4S/c1-3-28-18(26)15(24-27-2)14-11-29-19(22-14)23-17(25)13-9-20-16(21-10-13)12-7-5-4-6-8-12/h4-11H,3H2,1-2H3,(H,22,23,25). The first-order valence-corrected chi connectivity index (χ1v) is 9.43. The van der Waals surface area contributed by atoms with Gasteiger partial charge in [-0.05, 0) is 6.92 Å². The topological polar surface area (TPSA) is 116 Å². The average Bonchev–Trinajstić information content (AvgIpc) is 3.21. The van der Waals surface area contributed by atoms with Gasteiger partial charge in [-0.2, -0.15) is 0 Å². The third kappa shape index (κ3) is 4.99. The van der Waals surface area contributed by atoms with E-state index >= 15 is 0 Å². The Morgan fingerprint density at radius 2 is 1.90 bits per heavy atom. The minimum absolute atomic E-state index is 0.0818. The van der Waals surface area contributed by atoms with E-state index in [0.29, 0.717) is 5.82 Å². The van der Waals surface area contributed by atoms with Crippen LogP contribution < -0.4 is 5.32 Å². The van der Waals surface area contributed by atoms with Gasteiger partial charge in [0.25, 0.3) is 5.91 Å². The third-order valence-corrected chi connectivity index (χ3v) is 4.32. The molecule has 0 radical (unpaired) electrons. The number of carbonyl (C=O) groups excluding carboxylic acids is 2. The number of esters is 1. The van der Waals surface area contributed by atoms with Gasteiger partial charge in [-0.15, -0.1) is 11.3 Å². The number of hydrogen-bond acceptors (Lipinski definition) is 9. The summed E-state index contributed by atoms with van der Waals surface area (Å²) < 4.78 is 4.93. The zero-order valence-corrected chi connectivity index (χ0v) is 16.5. The maximum absolute atomic E-state index is 12.4. The molecule has 148 valence electrons. The van der Waals surface area contributed by atoms with Crippen molar-refractivity contribution in [1.29, 1.82) is 0 Å². The fourth-order valence-corrected chi connectivity index (χ4v) is 2.96. The molecule has 2 heterocycles. The number of aromatic nitrogens is 3. The van der Waals surface area contributed by atoms with Gasteiger partial charge in [0.1, 0.15) is 12.8 Å². The minimum atomic E-state index is -0.664. The summed E-state index contributed by atoms with van der Waals surface area (Å²) >= 11 is 1.13. The van der Waals surface area contributed by atoms with Crippen LogP contribution in [0.2, 0.25) is 0 Å². The average molecular weight is 411 g/mol. The number of nitrogens with one attached hydrogen (secondary N) is 1. The summed E-state index contributed by atoms with van der Waals surface area (Å²) in [4.78, 5) is 41.7. The Hall–Kier alpha value is -3.66.